The van der Waals surface area contributed by atoms with Crippen molar-refractivity contribution < 1.29 is 9.90 Å². The number of amides is 1. The maximum atomic E-state index is 12.7. The summed E-state index contributed by atoms with van der Waals surface area (Å²) in [5, 5.41) is 14.1. The third-order valence-electron chi connectivity index (χ3n) is 5.29. The van der Waals surface area contributed by atoms with Crippen LogP contribution in [-0.4, -0.2) is 16.0 Å². The van der Waals surface area contributed by atoms with E-state index in [0.29, 0.717) is 21.8 Å². The van der Waals surface area contributed by atoms with Crippen LogP contribution in [0.2, 0.25) is 0 Å². The Hall–Kier alpha value is -2.60. The van der Waals surface area contributed by atoms with Crippen molar-refractivity contribution in [2.24, 2.45) is 5.92 Å². The molecule has 3 N–H and O–H groups in total. The number of rotatable bonds is 3. The second-order valence-corrected chi connectivity index (χ2v) is 8.34. The summed E-state index contributed by atoms with van der Waals surface area (Å²) in [5.41, 5.74) is 2.05. The maximum absolute atomic E-state index is 12.7. The second kappa shape index (κ2) is 6.85. The highest BCUT2D eigenvalue weighted by Crippen LogP contribution is 2.41. The van der Waals surface area contributed by atoms with Crippen LogP contribution in [0.3, 0.4) is 0 Å². The summed E-state index contributed by atoms with van der Waals surface area (Å²) >= 11 is 1.51. The van der Waals surface area contributed by atoms with Crippen molar-refractivity contribution in [3.05, 3.63) is 56.2 Å². The minimum absolute atomic E-state index is 0.205. The average molecular weight is 382 g/mol. The van der Waals surface area contributed by atoms with Crippen LogP contribution < -0.4 is 10.9 Å². The molecule has 0 radical (unpaired) electrons. The Bertz CT molecular complexity index is 1080. The van der Waals surface area contributed by atoms with Crippen LogP contribution in [0, 0.1) is 5.92 Å². The molecule has 140 valence electrons. The molecule has 6 heteroatoms. The van der Waals surface area contributed by atoms with Gasteiger partial charge in [-0.2, -0.15) is 0 Å². The van der Waals surface area contributed by atoms with Crippen LogP contribution in [-0.2, 0) is 19.3 Å². The van der Waals surface area contributed by atoms with Crippen molar-refractivity contribution in [2.45, 2.75) is 39.5 Å². The number of benzene rings is 1. The van der Waals surface area contributed by atoms with Crippen molar-refractivity contribution in [3.8, 4) is 5.75 Å². The fraction of sp³-hybridized carbons (Fsp3) is 0.333. The monoisotopic (exact) mass is 382 g/mol. The molecular weight excluding hydrogens is 360 g/mol. The first-order chi connectivity index (χ1) is 13.0. The lowest BCUT2D eigenvalue weighted by Crippen LogP contribution is -2.23. The molecule has 0 spiro atoms. The normalized spacial score (nSPS) is 16.3. The molecule has 1 aromatic carbocycles. The fourth-order valence-corrected chi connectivity index (χ4v) is 5.12. The molecule has 1 atom stereocenters. The minimum Gasteiger partial charge on any atom is -0.506 e. The number of H-pyrrole nitrogens is 1. The zero-order valence-corrected chi connectivity index (χ0v) is 16.2. The Labute approximate surface area is 161 Å². The molecule has 4 rings (SSSR count). The summed E-state index contributed by atoms with van der Waals surface area (Å²) in [6.07, 6.45) is 3.76. The molecular formula is C21H22N2O3S. The molecule has 1 aliphatic rings. The van der Waals surface area contributed by atoms with E-state index in [4.69, 9.17) is 0 Å². The van der Waals surface area contributed by atoms with Gasteiger partial charge in [-0.25, -0.2) is 0 Å². The van der Waals surface area contributed by atoms with E-state index in [1.807, 2.05) is 12.1 Å². The molecule has 0 aliphatic heterocycles. The number of carbonyl (C=O) groups is 1. The predicted octanol–water partition coefficient (Wildman–Crippen LogP) is 4.23. The molecule has 2 heterocycles. The summed E-state index contributed by atoms with van der Waals surface area (Å²) in [7, 11) is 0. The van der Waals surface area contributed by atoms with Gasteiger partial charge in [0.1, 0.15) is 16.1 Å². The largest absolute Gasteiger partial charge is 0.506 e. The zero-order chi connectivity index (χ0) is 19.1. The first-order valence-electron chi connectivity index (χ1n) is 9.27. The van der Waals surface area contributed by atoms with Crippen molar-refractivity contribution in [2.75, 3.05) is 5.32 Å². The van der Waals surface area contributed by atoms with E-state index in [0.717, 1.165) is 36.8 Å². The number of aromatic nitrogens is 1. The Balaban J connectivity index is 1.74. The molecule has 1 unspecified atom stereocenters. The minimum atomic E-state index is -0.593. The number of nitrogens with one attached hydrogen (secondary N) is 2. The predicted molar refractivity (Wildman–Crippen MR) is 109 cm³/mol. The third kappa shape index (κ3) is 3.14. The van der Waals surface area contributed by atoms with Gasteiger partial charge in [0, 0.05) is 10.6 Å². The first kappa shape index (κ1) is 17.8. The summed E-state index contributed by atoms with van der Waals surface area (Å²) in [6.45, 7) is 4.27. The molecule has 0 bridgehead atoms. The Morgan fingerprint density at radius 1 is 1.33 bits per heavy atom. The molecule has 1 aliphatic carbocycles. The van der Waals surface area contributed by atoms with Crippen LogP contribution >= 0.6 is 11.3 Å². The number of fused-ring (bicyclic) bond motifs is 3. The van der Waals surface area contributed by atoms with Gasteiger partial charge in [-0.15, -0.1) is 11.3 Å². The zero-order valence-electron chi connectivity index (χ0n) is 15.4. The summed E-state index contributed by atoms with van der Waals surface area (Å²) in [4.78, 5) is 29.8. The molecule has 1 amide bonds. The van der Waals surface area contributed by atoms with E-state index in [2.05, 4.69) is 24.1 Å². The number of pyridine rings is 1. The lowest BCUT2D eigenvalue weighted by atomic mass is 9.89. The summed E-state index contributed by atoms with van der Waals surface area (Å²) in [5.74, 6) is -0.208. The number of aryl methyl sites for hydroxylation is 2. The van der Waals surface area contributed by atoms with Crippen LogP contribution in [0.15, 0.2) is 29.1 Å². The highest BCUT2D eigenvalue weighted by molar-refractivity contribution is 7.18. The molecule has 27 heavy (non-hydrogen) atoms. The highest BCUT2D eigenvalue weighted by Gasteiger charge is 2.27. The van der Waals surface area contributed by atoms with Crippen LogP contribution in [0.5, 0.6) is 5.75 Å². The van der Waals surface area contributed by atoms with Gasteiger partial charge in [0.2, 0.25) is 0 Å². The fourth-order valence-electron chi connectivity index (χ4n) is 3.72. The van der Waals surface area contributed by atoms with E-state index in [9.17, 15) is 14.7 Å². The van der Waals surface area contributed by atoms with Crippen molar-refractivity contribution >= 4 is 33.1 Å². The van der Waals surface area contributed by atoms with E-state index in [1.165, 1.54) is 16.2 Å². The first-order valence-corrected chi connectivity index (χ1v) is 10.1. The lowest BCUT2D eigenvalue weighted by molar-refractivity contribution is 0.102. The number of anilines is 1. The number of carbonyl (C=O) groups excluding carboxylic acids is 1. The van der Waals surface area contributed by atoms with Crippen molar-refractivity contribution in [1.82, 2.24) is 4.98 Å². The molecule has 0 fully saturated rings. The molecule has 0 saturated heterocycles. The quantitative estimate of drug-likeness (QED) is 0.634. The SMILES string of the molecule is CCc1ccc(NC(=O)c2c(O)c3c4c(sc3[nH]c2=O)CC(C)CC4)cc1. The van der Waals surface area contributed by atoms with Crippen LogP contribution in [0.4, 0.5) is 5.69 Å². The van der Waals surface area contributed by atoms with Gasteiger partial charge in [-0.05, 0) is 54.9 Å². The molecule has 0 saturated carbocycles. The standard InChI is InChI=1S/C21H22N2O3S/c1-3-12-5-7-13(8-6-12)22-19(25)17-18(24)16-14-9-4-11(2)10-15(14)27-21(16)23-20(17)26/h5-8,11H,3-4,9-10H2,1-2H3,(H,22,25)(H2,23,24,26). The summed E-state index contributed by atoms with van der Waals surface area (Å²) < 4.78 is 0. The Kier molecular flexibility index (Phi) is 4.52. The van der Waals surface area contributed by atoms with E-state index in [1.54, 1.807) is 12.1 Å². The topological polar surface area (TPSA) is 82.2 Å². The number of hydrogen-bond acceptors (Lipinski definition) is 4. The number of hydrogen-bond donors (Lipinski definition) is 3. The van der Waals surface area contributed by atoms with Gasteiger partial charge in [0.05, 0.1) is 5.39 Å². The number of aromatic amines is 1. The lowest BCUT2D eigenvalue weighted by Gasteiger charge is -2.18. The van der Waals surface area contributed by atoms with Gasteiger partial charge in [-0.1, -0.05) is 26.0 Å². The molecule has 3 aromatic rings. The Morgan fingerprint density at radius 2 is 2.07 bits per heavy atom. The van der Waals surface area contributed by atoms with E-state index in [-0.39, 0.29) is 11.3 Å². The number of aromatic hydroxyl groups is 1. The second-order valence-electron chi connectivity index (χ2n) is 7.24. The van der Waals surface area contributed by atoms with Crippen molar-refractivity contribution in [1.29, 1.82) is 0 Å². The van der Waals surface area contributed by atoms with Gasteiger partial charge in [-0.3, -0.25) is 9.59 Å². The highest BCUT2D eigenvalue weighted by atomic mass is 32.1. The van der Waals surface area contributed by atoms with Gasteiger partial charge in [0.15, 0.2) is 0 Å². The van der Waals surface area contributed by atoms with Crippen molar-refractivity contribution in [3.63, 3.8) is 0 Å². The van der Waals surface area contributed by atoms with E-state index < -0.39 is 11.5 Å². The van der Waals surface area contributed by atoms with Gasteiger partial charge < -0.3 is 15.4 Å². The maximum Gasteiger partial charge on any atom is 0.265 e. The van der Waals surface area contributed by atoms with Crippen LogP contribution in [0.1, 0.15) is 46.6 Å². The van der Waals surface area contributed by atoms with Crippen LogP contribution in [0.25, 0.3) is 10.2 Å². The molecule has 2 aromatic heterocycles. The molecule has 5 nitrogen and oxygen atoms in total. The summed E-state index contributed by atoms with van der Waals surface area (Å²) in [6, 6.07) is 7.46. The third-order valence-corrected chi connectivity index (χ3v) is 6.46. The van der Waals surface area contributed by atoms with Gasteiger partial charge in [0.25, 0.3) is 11.5 Å². The van der Waals surface area contributed by atoms with E-state index >= 15 is 0 Å². The Morgan fingerprint density at radius 3 is 2.78 bits per heavy atom. The average Bonchev–Trinajstić information content (AvgIpc) is 2.99. The number of thiophene rings is 1. The van der Waals surface area contributed by atoms with Gasteiger partial charge >= 0.3 is 0 Å². The smallest absolute Gasteiger partial charge is 0.265 e.